The van der Waals surface area contributed by atoms with Gasteiger partial charge in [-0.1, -0.05) is 0 Å². The summed E-state index contributed by atoms with van der Waals surface area (Å²) in [5, 5.41) is 7.48. The standard InChI is InChI=1S/C13H13N3O4/c1-2-19-12(17)10(6-14)13(18)20-9-4-3-8-7-15-16-11(8)5-9/h3-7H,2,14H2,1H3,(H,15,16). The highest BCUT2D eigenvalue weighted by atomic mass is 16.6. The number of fused-ring (bicyclic) bond motifs is 1. The molecule has 2 rings (SSSR count). The number of nitrogens with two attached hydrogens (primary N) is 1. The molecule has 1 aromatic carbocycles. The molecule has 0 radical (unpaired) electrons. The van der Waals surface area contributed by atoms with Crippen LogP contribution in [-0.2, 0) is 14.3 Å². The Balaban J connectivity index is 2.15. The van der Waals surface area contributed by atoms with Gasteiger partial charge in [0.15, 0.2) is 5.57 Å². The van der Waals surface area contributed by atoms with E-state index in [1.807, 2.05) is 0 Å². The van der Waals surface area contributed by atoms with E-state index in [-0.39, 0.29) is 17.9 Å². The molecule has 0 fully saturated rings. The first-order valence-corrected chi connectivity index (χ1v) is 5.90. The normalized spacial score (nSPS) is 11.3. The summed E-state index contributed by atoms with van der Waals surface area (Å²) in [5.74, 6) is -1.41. The van der Waals surface area contributed by atoms with Crippen molar-refractivity contribution in [3.8, 4) is 5.75 Å². The number of aromatic amines is 1. The van der Waals surface area contributed by atoms with Gasteiger partial charge in [0.25, 0.3) is 0 Å². The topological polar surface area (TPSA) is 107 Å². The molecule has 0 aliphatic carbocycles. The molecule has 7 heteroatoms. The number of hydrogen-bond donors (Lipinski definition) is 2. The van der Waals surface area contributed by atoms with Gasteiger partial charge in [-0.25, -0.2) is 9.59 Å². The van der Waals surface area contributed by atoms with E-state index in [9.17, 15) is 9.59 Å². The average molecular weight is 275 g/mol. The maximum Gasteiger partial charge on any atom is 0.352 e. The zero-order valence-electron chi connectivity index (χ0n) is 10.8. The Morgan fingerprint density at radius 2 is 2.20 bits per heavy atom. The number of nitrogens with zero attached hydrogens (tertiary/aromatic N) is 1. The average Bonchev–Trinajstić information content (AvgIpc) is 2.87. The first kappa shape index (κ1) is 13.6. The van der Waals surface area contributed by atoms with Crippen LogP contribution in [0.3, 0.4) is 0 Å². The van der Waals surface area contributed by atoms with Gasteiger partial charge < -0.3 is 15.2 Å². The van der Waals surface area contributed by atoms with Gasteiger partial charge in [-0.3, -0.25) is 5.10 Å². The van der Waals surface area contributed by atoms with Crippen LogP contribution < -0.4 is 10.5 Å². The summed E-state index contributed by atoms with van der Waals surface area (Å²) in [5.41, 5.74) is 5.61. The Bertz CT molecular complexity index is 675. The molecule has 0 unspecified atom stereocenters. The zero-order chi connectivity index (χ0) is 14.5. The summed E-state index contributed by atoms with van der Waals surface area (Å²) < 4.78 is 9.78. The molecular formula is C13H13N3O4. The molecule has 7 nitrogen and oxygen atoms in total. The maximum absolute atomic E-state index is 11.8. The minimum atomic E-state index is -0.871. The molecule has 20 heavy (non-hydrogen) atoms. The fourth-order valence-corrected chi connectivity index (χ4v) is 1.57. The highest BCUT2D eigenvalue weighted by Crippen LogP contribution is 2.19. The zero-order valence-corrected chi connectivity index (χ0v) is 10.8. The number of carbonyl (C=O) groups excluding carboxylic acids is 2. The lowest BCUT2D eigenvalue weighted by Crippen LogP contribution is -2.21. The Labute approximate surface area is 114 Å². The highest BCUT2D eigenvalue weighted by Gasteiger charge is 2.21. The third kappa shape index (κ3) is 2.77. The molecule has 1 heterocycles. The Morgan fingerprint density at radius 3 is 2.90 bits per heavy atom. The minimum absolute atomic E-state index is 0.142. The Morgan fingerprint density at radius 1 is 1.40 bits per heavy atom. The van der Waals surface area contributed by atoms with Crippen molar-refractivity contribution >= 4 is 22.8 Å². The van der Waals surface area contributed by atoms with E-state index in [0.29, 0.717) is 5.52 Å². The van der Waals surface area contributed by atoms with Crippen LogP contribution in [0.1, 0.15) is 6.92 Å². The van der Waals surface area contributed by atoms with Gasteiger partial charge in [-0.15, -0.1) is 0 Å². The van der Waals surface area contributed by atoms with E-state index < -0.39 is 11.9 Å². The lowest BCUT2D eigenvalue weighted by Gasteiger charge is -2.06. The number of H-pyrrole nitrogens is 1. The van der Waals surface area contributed by atoms with Crippen LogP contribution in [0, 0.1) is 0 Å². The second-order valence-corrected chi connectivity index (χ2v) is 3.81. The maximum atomic E-state index is 11.8. The summed E-state index contributed by atoms with van der Waals surface area (Å²) in [4.78, 5) is 23.3. The van der Waals surface area contributed by atoms with Crippen LogP contribution in [-0.4, -0.2) is 28.7 Å². The van der Waals surface area contributed by atoms with E-state index in [4.69, 9.17) is 15.2 Å². The predicted octanol–water partition coefficient (Wildman–Crippen LogP) is 0.874. The van der Waals surface area contributed by atoms with Crippen molar-refractivity contribution in [2.24, 2.45) is 5.73 Å². The summed E-state index contributed by atoms with van der Waals surface area (Å²) in [6.07, 6.45) is 2.51. The van der Waals surface area contributed by atoms with Gasteiger partial charge in [-0.2, -0.15) is 5.10 Å². The van der Waals surface area contributed by atoms with Crippen molar-refractivity contribution in [1.82, 2.24) is 10.2 Å². The second-order valence-electron chi connectivity index (χ2n) is 3.81. The van der Waals surface area contributed by atoms with E-state index in [1.54, 1.807) is 31.3 Å². The fraction of sp³-hybridized carbons (Fsp3) is 0.154. The molecular weight excluding hydrogens is 262 g/mol. The van der Waals surface area contributed by atoms with Crippen molar-refractivity contribution in [3.63, 3.8) is 0 Å². The molecule has 0 aliphatic rings. The predicted molar refractivity (Wildman–Crippen MR) is 70.6 cm³/mol. The molecule has 0 aliphatic heterocycles. The summed E-state index contributed by atoms with van der Waals surface area (Å²) in [6.45, 7) is 1.77. The quantitative estimate of drug-likeness (QED) is 0.282. The first-order valence-electron chi connectivity index (χ1n) is 5.90. The van der Waals surface area contributed by atoms with Crippen LogP contribution in [0.25, 0.3) is 10.9 Å². The summed E-state index contributed by atoms with van der Waals surface area (Å²) in [6, 6.07) is 4.92. The molecule has 0 saturated carbocycles. The van der Waals surface area contributed by atoms with Crippen molar-refractivity contribution in [2.45, 2.75) is 6.92 Å². The van der Waals surface area contributed by atoms with E-state index in [2.05, 4.69) is 10.2 Å². The molecule has 1 aromatic heterocycles. The van der Waals surface area contributed by atoms with Gasteiger partial charge in [0.05, 0.1) is 18.3 Å². The largest absolute Gasteiger partial charge is 0.462 e. The number of rotatable bonds is 4. The third-order valence-electron chi connectivity index (χ3n) is 2.51. The van der Waals surface area contributed by atoms with Crippen LogP contribution in [0.5, 0.6) is 5.75 Å². The number of aromatic nitrogens is 2. The van der Waals surface area contributed by atoms with Gasteiger partial charge in [-0.05, 0) is 19.1 Å². The molecule has 0 amide bonds. The minimum Gasteiger partial charge on any atom is -0.462 e. The highest BCUT2D eigenvalue weighted by molar-refractivity contribution is 6.14. The van der Waals surface area contributed by atoms with E-state index in [1.165, 1.54) is 0 Å². The van der Waals surface area contributed by atoms with E-state index >= 15 is 0 Å². The van der Waals surface area contributed by atoms with E-state index in [0.717, 1.165) is 11.6 Å². The number of esters is 2. The third-order valence-corrected chi connectivity index (χ3v) is 2.51. The number of nitrogens with one attached hydrogen (secondary N) is 1. The van der Waals surface area contributed by atoms with Gasteiger partial charge in [0.1, 0.15) is 5.75 Å². The SMILES string of the molecule is CCOC(=O)C(=CN)C(=O)Oc1ccc2cn[nH]c2c1. The smallest absolute Gasteiger partial charge is 0.352 e. The Kier molecular flexibility index (Phi) is 3.99. The fourth-order valence-electron chi connectivity index (χ4n) is 1.57. The number of hydrogen-bond acceptors (Lipinski definition) is 6. The number of carbonyl (C=O) groups is 2. The Hall–Kier alpha value is -2.83. The first-order chi connectivity index (χ1) is 9.65. The molecule has 2 aromatic rings. The van der Waals surface area contributed by atoms with Crippen molar-refractivity contribution in [1.29, 1.82) is 0 Å². The monoisotopic (exact) mass is 275 g/mol. The molecule has 0 saturated heterocycles. The molecule has 0 spiro atoms. The molecule has 0 bridgehead atoms. The summed E-state index contributed by atoms with van der Waals surface area (Å²) >= 11 is 0. The van der Waals surface area contributed by atoms with Crippen molar-refractivity contribution < 1.29 is 19.1 Å². The van der Waals surface area contributed by atoms with Crippen LogP contribution in [0.4, 0.5) is 0 Å². The van der Waals surface area contributed by atoms with Gasteiger partial charge in [0.2, 0.25) is 0 Å². The lowest BCUT2D eigenvalue weighted by atomic mass is 10.2. The number of benzene rings is 1. The molecule has 104 valence electrons. The van der Waals surface area contributed by atoms with Gasteiger partial charge in [0, 0.05) is 17.7 Å². The lowest BCUT2D eigenvalue weighted by molar-refractivity contribution is -0.143. The second kappa shape index (κ2) is 5.87. The van der Waals surface area contributed by atoms with Crippen molar-refractivity contribution in [3.05, 3.63) is 36.2 Å². The molecule has 0 atom stereocenters. The van der Waals surface area contributed by atoms with Crippen LogP contribution in [0.15, 0.2) is 36.2 Å². The van der Waals surface area contributed by atoms with Gasteiger partial charge >= 0.3 is 11.9 Å². The van der Waals surface area contributed by atoms with Crippen molar-refractivity contribution in [2.75, 3.05) is 6.61 Å². The van der Waals surface area contributed by atoms with Crippen LogP contribution >= 0.6 is 0 Å². The summed E-state index contributed by atoms with van der Waals surface area (Å²) in [7, 11) is 0. The number of ether oxygens (including phenoxy) is 2. The molecule has 3 N–H and O–H groups in total. The van der Waals surface area contributed by atoms with Crippen LogP contribution in [0.2, 0.25) is 0 Å².